The largest absolute Gasteiger partial charge is 0.490 e. The molecule has 0 aliphatic rings. The second-order valence-electron chi connectivity index (χ2n) is 5.19. The third-order valence-corrected chi connectivity index (χ3v) is 3.33. The van der Waals surface area contributed by atoms with E-state index in [1.54, 1.807) is 12.1 Å². The Morgan fingerprint density at radius 3 is 2.63 bits per heavy atom. The smallest absolute Gasteiger partial charge is 0.388 e. The van der Waals surface area contributed by atoms with Crippen LogP contribution in [0.15, 0.2) is 43.1 Å². The molecule has 11 heteroatoms. The number of alkyl halides is 4. The number of halogens is 4. The van der Waals surface area contributed by atoms with Crippen LogP contribution in [-0.2, 0) is 6.54 Å². The summed E-state index contributed by atoms with van der Waals surface area (Å²) in [5.41, 5.74) is 1.17. The van der Waals surface area contributed by atoms with Gasteiger partial charge in [0.1, 0.15) is 18.7 Å². The summed E-state index contributed by atoms with van der Waals surface area (Å²) in [6.45, 7) is -2.61. The Balaban J connectivity index is 1.63. The van der Waals surface area contributed by atoms with Crippen LogP contribution in [0.25, 0.3) is 11.1 Å². The number of hydrogen-bond acceptors (Lipinski definition) is 6. The lowest BCUT2D eigenvalue weighted by atomic mass is 10.1. The van der Waals surface area contributed by atoms with Crippen molar-refractivity contribution in [3.05, 3.63) is 48.9 Å². The highest BCUT2D eigenvalue weighted by Crippen LogP contribution is 2.25. The second kappa shape index (κ2) is 8.43. The van der Waals surface area contributed by atoms with Crippen LogP contribution in [0.4, 0.5) is 17.6 Å². The van der Waals surface area contributed by atoms with E-state index in [-0.39, 0.29) is 19.0 Å². The molecule has 0 bridgehead atoms. The lowest BCUT2D eigenvalue weighted by Crippen LogP contribution is -2.09. The normalized spacial score (nSPS) is 11.2. The minimum atomic E-state index is -2.97. The Bertz CT molecular complexity index is 891. The molecule has 0 unspecified atom stereocenters. The van der Waals surface area contributed by atoms with Gasteiger partial charge in [0.2, 0.25) is 11.7 Å². The molecule has 0 N–H and O–H groups in total. The molecule has 0 atom stereocenters. The Hall–Kier alpha value is -3.24. The molecule has 0 radical (unpaired) electrons. The minimum absolute atomic E-state index is 0.146. The van der Waals surface area contributed by atoms with E-state index in [2.05, 4.69) is 24.8 Å². The molecule has 0 aromatic carbocycles. The summed E-state index contributed by atoms with van der Waals surface area (Å²) in [7, 11) is 0. The van der Waals surface area contributed by atoms with Gasteiger partial charge in [-0.25, -0.2) is 23.4 Å². The highest BCUT2D eigenvalue weighted by atomic mass is 19.3. The standard InChI is InChI=1S/C16H13F4N5O2/c17-14(18)15-23-9-25(24-15)3-4-26-12-5-11(7-21-8-12)10-1-2-22-13(6-10)27-16(19)20/h1-2,5-9,14,16H,3-4H2. The highest BCUT2D eigenvalue weighted by molar-refractivity contribution is 5.64. The predicted molar refractivity (Wildman–Crippen MR) is 84.6 cm³/mol. The Kier molecular flexibility index (Phi) is 5.79. The molecule has 0 spiro atoms. The summed E-state index contributed by atoms with van der Waals surface area (Å²) in [6, 6.07) is 4.62. The molecule has 0 amide bonds. The van der Waals surface area contributed by atoms with Gasteiger partial charge in [-0.1, -0.05) is 0 Å². The van der Waals surface area contributed by atoms with E-state index < -0.39 is 18.9 Å². The predicted octanol–water partition coefficient (Wildman–Crippen LogP) is 3.35. The highest BCUT2D eigenvalue weighted by Gasteiger charge is 2.12. The molecule has 0 aliphatic carbocycles. The Morgan fingerprint density at radius 1 is 1.04 bits per heavy atom. The van der Waals surface area contributed by atoms with Crippen molar-refractivity contribution in [1.82, 2.24) is 24.7 Å². The molecule has 7 nitrogen and oxygen atoms in total. The first-order valence-corrected chi connectivity index (χ1v) is 7.68. The summed E-state index contributed by atoms with van der Waals surface area (Å²) >= 11 is 0. The summed E-state index contributed by atoms with van der Waals surface area (Å²) in [6.07, 6.45) is 2.80. The first kappa shape index (κ1) is 18.5. The van der Waals surface area contributed by atoms with Crippen molar-refractivity contribution in [3.8, 4) is 22.8 Å². The van der Waals surface area contributed by atoms with Gasteiger partial charge in [0.25, 0.3) is 6.43 Å². The number of rotatable bonds is 8. The number of ether oxygens (including phenoxy) is 2. The summed E-state index contributed by atoms with van der Waals surface area (Å²) in [5.74, 6) is -0.345. The van der Waals surface area contributed by atoms with Gasteiger partial charge in [-0.2, -0.15) is 8.78 Å². The number of hydrogen-bond donors (Lipinski definition) is 0. The topological polar surface area (TPSA) is 75.0 Å². The molecule has 142 valence electrons. The van der Waals surface area contributed by atoms with Crippen LogP contribution in [0.5, 0.6) is 11.6 Å². The maximum atomic E-state index is 12.4. The van der Waals surface area contributed by atoms with Crippen molar-refractivity contribution in [1.29, 1.82) is 0 Å². The van der Waals surface area contributed by atoms with E-state index in [0.717, 1.165) is 0 Å². The number of nitrogens with zero attached hydrogens (tertiary/aromatic N) is 5. The summed E-state index contributed by atoms with van der Waals surface area (Å²) in [5, 5.41) is 3.62. The van der Waals surface area contributed by atoms with Gasteiger partial charge in [0.05, 0.1) is 12.7 Å². The van der Waals surface area contributed by atoms with Crippen molar-refractivity contribution in [2.75, 3.05) is 6.61 Å². The fraction of sp³-hybridized carbons (Fsp3) is 0.250. The van der Waals surface area contributed by atoms with Crippen LogP contribution in [-0.4, -0.2) is 38.0 Å². The summed E-state index contributed by atoms with van der Waals surface area (Å²) < 4.78 is 60.5. The second-order valence-corrected chi connectivity index (χ2v) is 5.19. The summed E-state index contributed by atoms with van der Waals surface area (Å²) in [4.78, 5) is 11.2. The lowest BCUT2D eigenvalue weighted by Gasteiger charge is -2.09. The maximum Gasteiger partial charge on any atom is 0.388 e. The zero-order chi connectivity index (χ0) is 19.2. The Morgan fingerprint density at radius 2 is 1.89 bits per heavy atom. The van der Waals surface area contributed by atoms with Crippen LogP contribution < -0.4 is 9.47 Å². The molecule has 3 heterocycles. The van der Waals surface area contributed by atoms with E-state index in [0.29, 0.717) is 16.9 Å². The molecule has 0 aliphatic heterocycles. The van der Waals surface area contributed by atoms with E-state index >= 15 is 0 Å². The SMILES string of the molecule is FC(F)Oc1cc(-c2cncc(OCCn3cnc(C(F)F)n3)c2)ccn1. The fourth-order valence-electron chi connectivity index (χ4n) is 2.17. The monoisotopic (exact) mass is 383 g/mol. The lowest BCUT2D eigenvalue weighted by molar-refractivity contribution is -0.0528. The van der Waals surface area contributed by atoms with Gasteiger partial charge in [-0.3, -0.25) is 4.98 Å². The van der Waals surface area contributed by atoms with Gasteiger partial charge in [-0.15, -0.1) is 5.10 Å². The Labute approximate surface area is 150 Å². The molecule has 0 saturated heterocycles. The van der Waals surface area contributed by atoms with E-state index in [1.165, 1.54) is 35.7 Å². The number of pyridine rings is 2. The fourth-order valence-corrected chi connectivity index (χ4v) is 2.17. The van der Waals surface area contributed by atoms with Gasteiger partial charge in [0, 0.05) is 24.0 Å². The average Bonchev–Trinajstić information content (AvgIpc) is 3.11. The van der Waals surface area contributed by atoms with Crippen molar-refractivity contribution in [2.24, 2.45) is 0 Å². The van der Waals surface area contributed by atoms with Crippen molar-refractivity contribution >= 4 is 0 Å². The first-order valence-electron chi connectivity index (χ1n) is 7.68. The third kappa shape index (κ3) is 5.12. The quantitative estimate of drug-likeness (QED) is 0.556. The van der Waals surface area contributed by atoms with Crippen LogP contribution in [0, 0.1) is 0 Å². The van der Waals surface area contributed by atoms with Gasteiger partial charge in [-0.05, 0) is 17.7 Å². The van der Waals surface area contributed by atoms with Crippen molar-refractivity contribution < 1.29 is 27.0 Å². The molecule has 3 aromatic heterocycles. The number of aromatic nitrogens is 5. The minimum Gasteiger partial charge on any atom is -0.490 e. The van der Waals surface area contributed by atoms with E-state index in [1.807, 2.05) is 0 Å². The van der Waals surface area contributed by atoms with Gasteiger partial charge < -0.3 is 9.47 Å². The van der Waals surface area contributed by atoms with Crippen molar-refractivity contribution in [2.45, 2.75) is 19.6 Å². The molecule has 0 fully saturated rings. The van der Waals surface area contributed by atoms with Crippen LogP contribution in [0.2, 0.25) is 0 Å². The van der Waals surface area contributed by atoms with Crippen molar-refractivity contribution in [3.63, 3.8) is 0 Å². The molecule has 3 aromatic rings. The molecule has 0 saturated carbocycles. The molecule has 27 heavy (non-hydrogen) atoms. The van der Waals surface area contributed by atoms with Gasteiger partial charge in [0.15, 0.2) is 0 Å². The average molecular weight is 383 g/mol. The maximum absolute atomic E-state index is 12.4. The van der Waals surface area contributed by atoms with Crippen LogP contribution in [0.3, 0.4) is 0 Å². The van der Waals surface area contributed by atoms with Gasteiger partial charge >= 0.3 is 6.61 Å². The van der Waals surface area contributed by atoms with Crippen LogP contribution in [0.1, 0.15) is 12.2 Å². The molecular weight excluding hydrogens is 370 g/mol. The molecule has 3 rings (SSSR count). The van der Waals surface area contributed by atoms with E-state index in [4.69, 9.17) is 4.74 Å². The van der Waals surface area contributed by atoms with Crippen LogP contribution >= 0.6 is 0 Å². The first-order chi connectivity index (χ1) is 13.0. The third-order valence-electron chi connectivity index (χ3n) is 3.33. The zero-order valence-electron chi connectivity index (χ0n) is 13.7. The zero-order valence-corrected chi connectivity index (χ0v) is 13.7. The molecular formula is C16H13F4N5O2. The van der Waals surface area contributed by atoms with E-state index in [9.17, 15) is 17.6 Å².